The number of carbonyl (C=O) groups excluding carboxylic acids is 2. The lowest BCUT2D eigenvalue weighted by molar-refractivity contribution is -0.253. The third-order valence-electron chi connectivity index (χ3n) is 8.72. The Hall–Kier alpha value is -5.85. The van der Waals surface area contributed by atoms with Crippen LogP contribution in [0.15, 0.2) is 131 Å². The molecule has 0 aliphatic rings. The molecule has 6 aromatic rings. The number of hydrogen-bond donors (Lipinski definition) is 4. The van der Waals surface area contributed by atoms with Crippen LogP contribution in [0.2, 0.25) is 20.1 Å². The van der Waals surface area contributed by atoms with Gasteiger partial charge in [-0.3, -0.25) is 9.59 Å². The molecule has 0 aliphatic carbocycles. The molecular weight excluding hydrogens is 1060 g/mol. The van der Waals surface area contributed by atoms with Gasteiger partial charge >= 0.3 is 18.7 Å². The Bertz CT molecular complexity index is 3120. The minimum absolute atomic E-state index is 0.00947. The van der Waals surface area contributed by atoms with E-state index in [2.05, 4.69) is 15.4 Å². The number of halogens is 11. The second kappa shape index (κ2) is 22.3. The maximum absolute atomic E-state index is 13.2. The Morgan fingerprint density at radius 1 is 0.565 bits per heavy atom. The van der Waals surface area contributed by atoms with Crippen LogP contribution in [0, 0.1) is 0 Å². The Morgan fingerprint density at radius 2 is 1.04 bits per heavy atom. The van der Waals surface area contributed by atoms with Crippen LogP contribution in [0.3, 0.4) is 0 Å². The quantitative estimate of drug-likeness (QED) is 0.0721. The van der Waals surface area contributed by atoms with E-state index in [1.807, 2.05) is 0 Å². The zero-order chi connectivity index (χ0) is 51.1. The molecule has 0 unspecified atom stereocenters. The average molecular weight is 1090 g/mol. The number of alkyl halides is 7. The number of rotatable bonds is 15. The Morgan fingerprint density at radius 3 is 1.46 bits per heavy atom. The maximum atomic E-state index is 13.2. The molecule has 69 heavy (non-hydrogen) atoms. The molecule has 0 saturated carbocycles. The molecule has 0 aromatic heterocycles. The van der Waals surface area contributed by atoms with Crippen molar-refractivity contribution >= 4 is 89.6 Å². The highest BCUT2D eigenvalue weighted by molar-refractivity contribution is 7.89. The van der Waals surface area contributed by atoms with E-state index in [0.29, 0.717) is 10.0 Å². The predicted octanol–water partition coefficient (Wildman–Crippen LogP) is 11.5. The molecule has 13 nitrogen and oxygen atoms in total. The summed E-state index contributed by atoms with van der Waals surface area (Å²) >= 11 is 23.6. The first-order valence-electron chi connectivity index (χ1n) is 18.9. The molecule has 0 heterocycles. The van der Waals surface area contributed by atoms with E-state index in [1.54, 1.807) is 30.3 Å². The lowest BCUT2D eigenvalue weighted by Crippen LogP contribution is -2.33. The van der Waals surface area contributed by atoms with Gasteiger partial charge in [0.1, 0.15) is 38.5 Å². The van der Waals surface area contributed by atoms with Gasteiger partial charge < -0.3 is 24.8 Å². The summed E-state index contributed by atoms with van der Waals surface area (Å²) in [5.41, 5.74) is -0.704. The zero-order valence-electron chi connectivity index (χ0n) is 34.3. The molecular formula is C43H31Cl4F7N4O9S2. The number of primary sulfonamides is 2. The van der Waals surface area contributed by atoms with E-state index in [-0.39, 0.29) is 62.0 Å². The van der Waals surface area contributed by atoms with Gasteiger partial charge in [0, 0.05) is 31.5 Å². The molecule has 0 atom stereocenters. The normalized spacial score (nSPS) is 11.9. The van der Waals surface area contributed by atoms with Gasteiger partial charge in [-0.2, -0.15) is 30.7 Å². The second-order valence-electron chi connectivity index (χ2n) is 14.0. The van der Waals surface area contributed by atoms with Crippen LogP contribution in [0.4, 0.5) is 42.1 Å². The van der Waals surface area contributed by atoms with E-state index >= 15 is 0 Å². The molecule has 0 fully saturated rings. The van der Waals surface area contributed by atoms with Crippen molar-refractivity contribution in [3.05, 3.63) is 158 Å². The van der Waals surface area contributed by atoms with Crippen molar-refractivity contribution in [1.29, 1.82) is 0 Å². The van der Waals surface area contributed by atoms with Crippen molar-refractivity contribution in [1.82, 2.24) is 0 Å². The molecule has 6 N–H and O–H groups in total. The average Bonchev–Trinajstić information content (AvgIpc) is 3.23. The maximum Gasteiger partial charge on any atom is 0.461 e. The van der Waals surface area contributed by atoms with Gasteiger partial charge in [0.15, 0.2) is 0 Å². The van der Waals surface area contributed by atoms with Crippen molar-refractivity contribution in [3.63, 3.8) is 0 Å². The number of sulfonamides is 2. The van der Waals surface area contributed by atoms with E-state index in [9.17, 15) is 57.2 Å². The summed E-state index contributed by atoms with van der Waals surface area (Å²) in [6.45, 7) is 0. The van der Waals surface area contributed by atoms with Gasteiger partial charge in [-0.05, 0) is 114 Å². The van der Waals surface area contributed by atoms with Crippen LogP contribution in [0.25, 0.3) is 0 Å². The number of anilines is 2. The SMILES string of the molecule is NS(=O)(=O)c1cc(NC(=O)Cc2cc(OC(F)(F)C(F)F)ccc2Cl)ccc1Oc1cccc(Cl)c1.NS(=O)(=O)c1cc(NC(=O)Cc2ccc(C(F)(F)F)cc2Cl)ccc1Oc1cccc(Cl)c1. The Labute approximate surface area is 408 Å². The summed E-state index contributed by atoms with van der Waals surface area (Å²) in [5.74, 6) is -1.74. The predicted molar refractivity (Wildman–Crippen MR) is 243 cm³/mol. The largest absolute Gasteiger partial charge is 0.461 e. The van der Waals surface area contributed by atoms with Crippen LogP contribution in [-0.2, 0) is 48.7 Å². The van der Waals surface area contributed by atoms with Crippen molar-refractivity contribution in [3.8, 4) is 28.7 Å². The van der Waals surface area contributed by atoms with E-state index < -0.39 is 78.1 Å². The molecule has 6 rings (SSSR count). The minimum atomic E-state index is -4.74. The third kappa shape index (κ3) is 15.8. The molecule has 0 spiro atoms. The molecule has 0 bridgehead atoms. The van der Waals surface area contributed by atoms with Crippen molar-refractivity contribution in [2.24, 2.45) is 10.3 Å². The van der Waals surface area contributed by atoms with E-state index in [1.165, 1.54) is 42.5 Å². The first-order chi connectivity index (χ1) is 32.1. The first-order valence-corrected chi connectivity index (χ1v) is 23.5. The number of nitrogens with one attached hydrogen (secondary N) is 2. The lowest BCUT2D eigenvalue weighted by atomic mass is 10.1. The highest BCUT2D eigenvalue weighted by Crippen LogP contribution is 2.36. The third-order valence-corrected chi connectivity index (χ3v) is 11.8. The number of hydrogen-bond acceptors (Lipinski definition) is 9. The highest BCUT2D eigenvalue weighted by atomic mass is 35.5. The summed E-state index contributed by atoms with van der Waals surface area (Å²) in [4.78, 5) is 24.0. The Balaban J connectivity index is 0.000000258. The first kappa shape index (κ1) is 54.1. The van der Waals surface area contributed by atoms with Crippen LogP contribution in [0.5, 0.6) is 28.7 Å². The number of ether oxygens (including phenoxy) is 3. The lowest BCUT2D eigenvalue weighted by Gasteiger charge is -2.17. The van der Waals surface area contributed by atoms with Crippen molar-refractivity contribution in [2.75, 3.05) is 10.6 Å². The van der Waals surface area contributed by atoms with Gasteiger partial charge in [0.2, 0.25) is 31.9 Å². The van der Waals surface area contributed by atoms with Gasteiger partial charge in [-0.1, -0.05) is 64.6 Å². The van der Waals surface area contributed by atoms with Crippen LogP contribution >= 0.6 is 46.4 Å². The number of amides is 2. The molecule has 366 valence electrons. The summed E-state index contributed by atoms with van der Waals surface area (Å²) in [7, 11) is -8.54. The molecule has 0 saturated heterocycles. The van der Waals surface area contributed by atoms with Gasteiger partial charge in [-0.25, -0.2) is 27.1 Å². The fourth-order valence-electron chi connectivity index (χ4n) is 5.67. The smallest absolute Gasteiger partial charge is 0.456 e. The standard InChI is InChI=1S/C22H16Cl2F4N2O5S.C21H15Cl2F3N2O4S/c23-13-2-1-3-15(10-13)34-18-7-4-14(11-19(18)36(29,32)33)30-20(31)9-12-8-16(5-6-17(12)24)35-22(27,28)21(25)26;22-14-2-1-3-16(10-14)32-18-7-6-15(11-19(18)33(27,30)31)28-20(29)8-12-4-5-13(9-17(12)23)21(24,25)26/h1-8,10-11,21H,9H2,(H,30,31)(H2,29,32,33);1-7,9-11H,8H2,(H,28,29)(H2,27,30,31). The zero-order valence-corrected chi connectivity index (χ0v) is 39.0. The molecule has 6 aromatic carbocycles. The molecule has 2 amide bonds. The summed E-state index contributed by atoms with van der Waals surface area (Å²) < 4.78 is 153. The van der Waals surface area contributed by atoms with Crippen molar-refractivity contribution in [2.45, 2.75) is 41.3 Å². The van der Waals surface area contributed by atoms with Gasteiger partial charge in [0.05, 0.1) is 18.4 Å². The van der Waals surface area contributed by atoms with Gasteiger partial charge in [0.25, 0.3) is 0 Å². The fourth-order valence-corrected chi connectivity index (χ4v) is 7.83. The van der Waals surface area contributed by atoms with E-state index in [0.717, 1.165) is 48.5 Å². The monoisotopic (exact) mass is 1080 g/mol. The number of carbonyl (C=O) groups is 2. The number of benzene rings is 6. The molecule has 26 heteroatoms. The summed E-state index contributed by atoms with van der Waals surface area (Å²) in [6.07, 6.45) is -14.2. The molecule has 0 radical (unpaired) electrons. The van der Waals surface area contributed by atoms with Crippen LogP contribution in [-0.4, -0.2) is 41.2 Å². The summed E-state index contributed by atoms with van der Waals surface area (Å²) in [6, 6.07) is 25.4. The van der Waals surface area contributed by atoms with E-state index in [4.69, 9.17) is 66.2 Å². The second-order valence-corrected chi connectivity index (χ2v) is 18.8. The summed E-state index contributed by atoms with van der Waals surface area (Å²) in [5, 5.41) is 15.9. The van der Waals surface area contributed by atoms with Crippen LogP contribution < -0.4 is 35.1 Å². The van der Waals surface area contributed by atoms with Gasteiger partial charge in [-0.15, -0.1) is 0 Å². The topological polar surface area (TPSA) is 206 Å². The highest BCUT2D eigenvalue weighted by Gasteiger charge is 2.44. The Kier molecular flexibility index (Phi) is 17.5. The minimum Gasteiger partial charge on any atom is -0.456 e. The molecule has 0 aliphatic heterocycles. The van der Waals surface area contributed by atoms with Crippen LogP contribution in [0.1, 0.15) is 16.7 Å². The fraction of sp³-hybridized carbons (Fsp3) is 0.116. The number of nitrogens with two attached hydrogens (primary N) is 2. The van der Waals surface area contributed by atoms with Crippen molar-refractivity contribution < 1.29 is 71.4 Å².